The molecule has 1 saturated carbocycles. The van der Waals surface area contributed by atoms with E-state index in [1.165, 1.54) is 11.6 Å². The van der Waals surface area contributed by atoms with E-state index < -0.39 is 0 Å². The lowest BCUT2D eigenvalue weighted by molar-refractivity contribution is 0.153. The number of hydrogen-bond acceptors (Lipinski definition) is 2. The summed E-state index contributed by atoms with van der Waals surface area (Å²) in [5.41, 5.74) is 2.54. The van der Waals surface area contributed by atoms with E-state index in [-0.39, 0.29) is 11.2 Å². The second-order valence-corrected chi connectivity index (χ2v) is 6.85. The summed E-state index contributed by atoms with van der Waals surface area (Å²) < 4.78 is 18.9. The SMILES string of the molecule is CCNC(=NCC1(c2cccc(F)c2)CC1)NCCC1=CCOCC1. The first kappa shape index (κ1) is 17.9. The Bertz CT molecular complexity index is 638. The zero-order valence-corrected chi connectivity index (χ0v) is 15.0. The first-order valence-electron chi connectivity index (χ1n) is 9.26. The van der Waals surface area contributed by atoms with Crippen LogP contribution in [0.1, 0.15) is 38.2 Å². The Balaban J connectivity index is 1.55. The van der Waals surface area contributed by atoms with Crippen molar-refractivity contribution in [2.45, 2.75) is 38.0 Å². The van der Waals surface area contributed by atoms with Crippen molar-refractivity contribution in [2.24, 2.45) is 4.99 Å². The maximum atomic E-state index is 13.5. The Hall–Kier alpha value is -1.88. The molecule has 0 aromatic heterocycles. The van der Waals surface area contributed by atoms with Crippen LogP contribution in [0.4, 0.5) is 4.39 Å². The fourth-order valence-corrected chi connectivity index (χ4v) is 3.21. The lowest BCUT2D eigenvalue weighted by atomic mass is 9.96. The molecule has 0 radical (unpaired) electrons. The minimum atomic E-state index is -0.164. The summed E-state index contributed by atoms with van der Waals surface area (Å²) in [4.78, 5) is 4.76. The minimum Gasteiger partial charge on any atom is -0.377 e. The third kappa shape index (κ3) is 5.05. The molecule has 25 heavy (non-hydrogen) atoms. The molecule has 0 saturated heterocycles. The van der Waals surface area contributed by atoms with Crippen LogP contribution in [-0.4, -0.2) is 38.8 Å². The topological polar surface area (TPSA) is 45.7 Å². The molecule has 0 amide bonds. The van der Waals surface area contributed by atoms with Gasteiger partial charge in [0.2, 0.25) is 0 Å². The number of guanidine groups is 1. The molecule has 2 N–H and O–H groups in total. The monoisotopic (exact) mass is 345 g/mol. The minimum absolute atomic E-state index is 0.0215. The maximum Gasteiger partial charge on any atom is 0.191 e. The lowest BCUT2D eigenvalue weighted by Gasteiger charge is -2.17. The largest absolute Gasteiger partial charge is 0.377 e. The molecule has 0 atom stereocenters. The van der Waals surface area contributed by atoms with Crippen molar-refractivity contribution < 1.29 is 9.13 Å². The number of hydrogen-bond donors (Lipinski definition) is 2. The second-order valence-electron chi connectivity index (χ2n) is 6.85. The van der Waals surface area contributed by atoms with Crippen LogP contribution in [0.2, 0.25) is 0 Å². The number of nitrogens with zero attached hydrogens (tertiary/aromatic N) is 1. The van der Waals surface area contributed by atoms with Crippen LogP contribution in [-0.2, 0) is 10.2 Å². The highest BCUT2D eigenvalue weighted by Gasteiger charge is 2.44. The first-order chi connectivity index (χ1) is 12.2. The van der Waals surface area contributed by atoms with Gasteiger partial charge in [-0.2, -0.15) is 0 Å². The molecule has 0 spiro atoms. The van der Waals surface area contributed by atoms with Crippen LogP contribution < -0.4 is 10.6 Å². The number of nitrogens with one attached hydrogen (secondary N) is 2. The summed E-state index contributed by atoms with van der Waals surface area (Å²) in [6.07, 6.45) is 6.37. The Kier molecular flexibility index (Phi) is 6.08. The molecular formula is C20H28FN3O. The van der Waals surface area contributed by atoms with Gasteiger partial charge in [-0.15, -0.1) is 0 Å². The Morgan fingerprint density at radius 1 is 1.32 bits per heavy atom. The van der Waals surface area contributed by atoms with Gasteiger partial charge in [-0.25, -0.2) is 4.39 Å². The van der Waals surface area contributed by atoms with E-state index in [0.717, 1.165) is 63.5 Å². The van der Waals surface area contributed by atoms with Gasteiger partial charge >= 0.3 is 0 Å². The van der Waals surface area contributed by atoms with Crippen molar-refractivity contribution in [3.05, 3.63) is 47.3 Å². The van der Waals surface area contributed by atoms with Crippen LogP contribution >= 0.6 is 0 Å². The van der Waals surface area contributed by atoms with Crippen LogP contribution in [0.5, 0.6) is 0 Å². The molecule has 5 heteroatoms. The molecular weight excluding hydrogens is 317 g/mol. The normalized spacial score (nSPS) is 19.3. The van der Waals surface area contributed by atoms with Crippen molar-refractivity contribution in [3.8, 4) is 0 Å². The molecule has 1 aromatic carbocycles. The van der Waals surface area contributed by atoms with Gasteiger partial charge in [-0.05, 0) is 50.3 Å². The Morgan fingerprint density at radius 2 is 2.20 bits per heavy atom. The highest BCUT2D eigenvalue weighted by atomic mass is 19.1. The summed E-state index contributed by atoms with van der Waals surface area (Å²) in [7, 11) is 0. The average molecular weight is 345 g/mol. The lowest BCUT2D eigenvalue weighted by Crippen LogP contribution is -2.38. The molecule has 4 nitrogen and oxygen atoms in total. The smallest absolute Gasteiger partial charge is 0.191 e. The number of benzene rings is 1. The van der Waals surface area contributed by atoms with E-state index >= 15 is 0 Å². The highest BCUT2D eigenvalue weighted by Crippen LogP contribution is 2.48. The predicted molar refractivity (Wildman–Crippen MR) is 99.4 cm³/mol. The molecule has 1 fully saturated rings. The summed E-state index contributed by atoms with van der Waals surface area (Å²) in [6, 6.07) is 6.96. The van der Waals surface area contributed by atoms with E-state index in [0.29, 0.717) is 6.54 Å². The molecule has 1 heterocycles. The molecule has 136 valence electrons. The Morgan fingerprint density at radius 3 is 2.88 bits per heavy atom. The van der Waals surface area contributed by atoms with E-state index in [1.807, 2.05) is 6.07 Å². The van der Waals surface area contributed by atoms with Crippen molar-refractivity contribution in [1.29, 1.82) is 0 Å². The molecule has 0 unspecified atom stereocenters. The summed E-state index contributed by atoms with van der Waals surface area (Å²) >= 11 is 0. The van der Waals surface area contributed by atoms with Crippen molar-refractivity contribution in [1.82, 2.24) is 10.6 Å². The van der Waals surface area contributed by atoms with E-state index in [4.69, 9.17) is 9.73 Å². The fraction of sp³-hybridized carbons (Fsp3) is 0.550. The number of aliphatic imine (C=N–C) groups is 1. The van der Waals surface area contributed by atoms with Gasteiger partial charge in [-0.3, -0.25) is 4.99 Å². The van der Waals surface area contributed by atoms with Crippen LogP contribution in [0, 0.1) is 5.82 Å². The third-order valence-electron chi connectivity index (χ3n) is 4.97. The summed E-state index contributed by atoms with van der Waals surface area (Å²) in [5.74, 6) is 0.681. The molecule has 1 aliphatic heterocycles. The van der Waals surface area contributed by atoms with E-state index in [9.17, 15) is 4.39 Å². The third-order valence-corrected chi connectivity index (χ3v) is 4.97. The van der Waals surface area contributed by atoms with E-state index in [2.05, 4.69) is 23.6 Å². The number of rotatable bonds is 7. The molecule has 1 aromatic rings. The molecule has 1 aliphatic carbocycles. The summed E-state index contributed by atoms with van der Waals surface area (Å²) in [5, 5.41) is 6.72. The van der Waals surface area contributed by atoms with E-state index in [1.54, 1.807) is 12.1 Å². The first-order valence-corrected chi connectivity index (χ1v) is 9.26. The number of ether oxygens (including phenoxy) is 1. The fourth-order valence-electron chi connectivity index (χ4n) is 3.21. The van der Waals surface area contributed by atoms with Gasteiger partial charge in [0.1, 0.15) is 5.82 Å². The van der Waals surface area contributed by atoms with Crippen molar-refractivity contribution >= 4 is 5.96 Å². The maximum absolute atomic E-state index is 13.5. The van der Waals surface area contributed by atoms with Gasteiger partial charge in [0.25, 0.3) is 0 Å². The predicted octanol–water partition coefficient (Wildman–Crippen LogP) is 3.15. The number of halogens is 1. The van der Waals surface area contributed by atoms with Crippen LogP contribution in [0.15, 0.2) is 40.9 Å². The zero-order valence-electron chi connectivity index (χ0n) is 15.0. The Labute approximate surface area is 149 Å². The molecule has 3 rings (SSSR count). The van der Waals surface area contributed by atoms with Gasteiger partial charge in [0.15, 0.2) is 5.96 Å². The average Bonchev–Trinajstić information content (AvgIpc) is 3.42. The van der Waals surface area contributed by atoms with Gasteiger partial charge < -0.3 is 15.4 Å². The quantitative estimate of drug-likeness (QED) is 0.453. The zero-order chi connectivity index (χ0) is 17.5. The molecule has 2 aliphatic rings. The van der Waals surface area contributed by atoms with Crippen LogP contribution in [0.3, 0.4) is 0 Å². The van der Waals surface area contributed by atoms with Gasteiger partial charge in [0.05, 0.1) is 19.8 Å². The summed E-state index contributed by atoms with van der Waals surface area (Å²) in [6.45, 7) is 6.02. The van der Waals surface area contributed by atoms with Gasteiger partial charge in [-0.1, -0.05) is 23.8 Å². The van der Waals surface area contributed by atoms with Crippen molar-refractivity contribution in [2.75, 3.05) is 32.8 Å². The second kappa shape index (κ2) is 8.48. The highest BCUT2D eigenvalue weighted by molar-refractivity contribution is 5.79. The van der Waals surface area contributed by atoms with Crippen molar-refractivity contribution in [3.63, 3.8) is 0 Å². The van der Waals surface area contributed by atoms with Crippen LogP contribution in [0.25, 0.3) is 0 Å². The molecule has 0 bridgehead atoms. The standard InChI is InChI=1S/C20H28FN3O/c1-2-22-19(23-11-6-16-7-12-25-13-8-16)24-15-20(9-10-20)17-4-3-5-18(21)14-17/h3-5,7,14H,2,6,8-13,15H2,1H3,(H2,22,23,24). The van der Waals surface area contributed by atoms with Gasteiger partial charge in [0, 0.05) is 18.5 Å².